The second kappa shape index (κ2) is 10.7. The summed E-state index contributed by atoms with van der Waals surface area (Å²) in [5.74, 6) is 0.508. The highest BCUT2D eigenvalue weighted by Gasteiger charge is 2.17. The number of hydrazone groups is 1. The summed E-state index contributed by atoms with van der Waals surface area (Å²) in [5.41, 5.74) is 6.05. The van der Waals surface area contributed by atoms with Crippen LogP contribution in [0.2, 0.25) is 0 Å². The molecule has 1 atom stereocenters. The average molecular weight is 426 g/mol. The summed E-state index contributed by atoms with van der Waals surface area (Å²) in [6.45, 7) is 5.03. The highest BCUT2D eigenvalue weighted by Crippen LogP contribution is 2.24. The number of methoxy groups -OCH3 is 1. The van der Waals surface area contributed by atoms with Crippen molar-refractivity contribution in [1.29, 1.82) is 0 Å². The smallest absolute Gasteiger partial charge is 0.259 e. The maximum atomic E-state index is 12.1. The third-order valence-electron chi connectivity index (χ3n) is 4.60. The van der Waals surface area contributed by atoms with Crippen molar-refractivity contribution in [3.8, 4) is 5.75 Å². The van der Waals surface area contributed by atoms with Crippen molar-refractivity contribution in [1.82, 2.24) is 5.43 Å². The first-order valence-corrected chi connectivity index (χ1v) is 10.7. The van der Waals surface area contributed by atoms with Crippen LogP contribution >= 0.6 is 11.8 Å². The Morgan fingerprint density at radius 3 is 2.73 bits per heavy atom. The molecule has 1 aliphatic rings. The number of carbonyl (C=O) groups is 1. The van der Waals surface area contributed by atoms with Crippen LogP contribution in [0.1, 0.15) is 25.8 Å². The van der Waals surface area contributed by atoms with Crippen molar-refractivity contribution in [2.75, 3.05) is 30.8 Å². The molecule has 30 heavy (non-hydrogen) atoms. The van der Waals surface area contributed by atoms with E-state index in [-0.39, 0.29) is 12.5 Å². The number of nitrogens with zero attached hydrogens (tertiary/aromatic N) is 2. The molecule has 2 aromatic carbocycles. The number of ether oxygens (including phenoxy) is 1. The Morgan fingerprint density at radius 1 is 1.23 bits per heavy atom. The summed E-state index contributed by atoms with van der Waals surface area (Å²) in [6.07, 6.45) is 1.12. The number of nitrogens with one attached hydrogen (secondary N) is 3. The summed E-state index contributed by atoms with van der Waals surface area (Å²) in [4.78, 5) is 16.6. The number of aliphatic imine (C=N–C) groups is 1. The van der Waals surface area contributed by atoms with Gasteiger partial charge >= 0.3 is 0 Å². The van der Waals surface area contributed by atoms with Crippen molar-refractivity contribution in [2.24, 2.45) is 10.1 Å². The molecule has 8 heteroatoms. The molecule has 2 aromatic rings. The summed E-state index contributed by atoms with van der Waals surface area (Å²) >= 11 is 1.79. The van der Waals surface area contributed by atoms with E-state index >= 15 is 0 Å². The van der Waals surface area contributed by atoms with Crippen molar-refractivity contribution >= 4 is 39.9 Å². The quantitative estimate of drug-likeness (QED) is 0.440. The summed E-state index contributed by atoms with van der Waals surface area (Å²) < 4.78 is 5.17. The zero-order valence-electron chi connectivity index (χ0n) is 17.4. The minimum Gasteiger partial charge on any atom is -0.497 e. The van der Waals surface area contributed by atoms with E-state index in [4.69, 9.17) is 4.74 Å². The predicted molar refractivity (Wildman–Crippen MR) is 126 cm³/mol. The molecule has 3 rings (SSSR count). The first-order valence-electron chi connectivity index (χ1n) is 9.87. The van der Waals surface area contributed by atoms with Crippen LogP contribution in [-0.2, 0) is 4.79 Å². The van der Waals surface area contributed by atoms with Gasteiger partial charge in [0, 0.05) is 22.7 Å². The number of anilines is 2. The molecule has 7 nitrogen and oxygen atoms in total. The molecule has 1 aliphatic heterocycles. The van der Waals surface area contributed by atoms with Gasteiger partial charge in [0.2, 0.25) is 0 Å². The minimum atomic E-state index is -0.225. The van der Waals surface area contributed by atoms with E-state index in [1.165, 1.54) is 0 Å². The Labute approximate surface area is 181 Å². The molecule has 0 saturated heterocycles. The molecule has 0 aromatic heterocycles. The molecule has 0 fully saturated rings. The maximum Gasteiger partial charge on any atom is 0.259 e. The van der Waals surface area contributed by atoms with Gasteiger partial charge in [-0.05, 0) is 43.2 Å². The summed E-state index contributed by atoms with van der Waals surface area (Å²) in [5, 5.41) is 12.1. The van der Waals surface area contributed by atoms with Crippen LogP contribution < -0.4 is 20.8 Å². The van der Waals surface area contributed by atoms with Crippen LogP contribution in [0.3, 0.4) is 0 Å². The van der Waals surface area contributed by atoms with Gasteiger partial charge in [0.05, 0.1) is 25.9 Å². The van der Waals surface area contributed by atoms with Crippen LogP contribution in [0.4, 0.5) is 11.4 Å². The lowest BCUT2D eigenvalue weighted by Crippen LogP contribution is -2.26. The fourth-order valence-corrected chi connectivity index (χ4v) is 3.74. The molecule has 3 N–H and O–H groups in total. The number of thioether (sulfide) groups is 1. The fraction of sp³-hybridized carbons (Fsp3) is 0.318. The molecule has 0 unspecified atom stereocenters. The van der Waals surface area contributed by atoms with E-state index in [9.17, 15) is 4.79 Å². The maximum absolute atomic E-state index is 12.1. The van der Waals surface area contributed by atoms with Gasteiger partial charge in [-0.2, -0.15) is 5.10 Å². The van der Waals surface area contributed by atoms with Gasteiger partial charge in [-0.1, -0.05) is 36.9 Å². The molecule has 0 saturated carbocycles. The van der Waals surface area contributed by atoms with Gasteiger partial charge < -0.3 is 15.4 Å². The Hall–Kier alpha value is -3.00. The molecular weight excluding hydrogens is 398 g/mol. The first-order chi connectivity index (χ1) is 14.6. The normalized spacial score (nSPS) is 16.0. The average Bonchev–Trinajstić information content (AvgIpc) is 3.24. The lowest BCUT2D eigenvalue weighted by molar-refractivity contribution is -0.119. The molecule has 1 amide bonds. The molecule has 1 heterocycles. The van der Waals surface area contributed by atoms with Crippen LogP contribution in [0, 0.1) is 0 Å². The molecule has 0 radical (unpaired) electrons. The first kappa shape index (κ1) is 21.7. The number of amides is 1. The van der Waals surface area contributed by atoms with Crippen molar-refractivity contribution in [3.63, 3.8) is 0 Å². The zero-order valence-corrected chi connectivity index (χ0v) is 18.3. The van der Waals surface area contributed by atoms with Gasteiger partial charge in [-0.15, -0.1) is 0 Å². The number of carbonyl (C=O) groups excluding carboxylic acids is 1. The van der Waals surface area contributed by atoms with E-state index in [2.05, 4.69) is 33.1 Å². The standard InChI is InChI=1S/C22H27N5O2S/c1-4-20-13-24-22(30-20)25-17-10-8-16(9-11-17)15(2)26-27-21(28)14-23-18-6-5-7-19(12-18)29-3/h5-12,20,23H,4,13-14H2,1-3H3,(H,24,25)(H,27,28)/b26-15-/t20-/m0/s1. The van der Waals surface area contributed by atoms with Crippen molar-refractivity contribution in [3.05, 3.63) is 54.1 Å². The van der Waals surface area contributed by atoms with E-state index in [1.807, 2.05) is 55.5 Å². The molecule has 0 aliphatic carbocycles. The second-order valence-corrected chi connectivity index (χ2v) is 8.10. The third-order valence-corrected chi connectivity index (χ3v) is 5.87. The highest BCUT2D eigenvalue weighted by atomic mass is 32.2. The third kappa shape index (κ3) is 6.25. The molecule has 0 bridgehead atoms. The summed E-state index contributed by atoms with van der Waals surface area (Å²) in [7, 11) is 1.61. The Bertz CT molecular complexity index is 927. The predicted octanol–water partition coefficient (Wildman–Crippen LogP) is 3.94. The van der Waals surface area contributed by atoms with Gasteiger partial charge in [-0.25, -0.2) is 5.43 Å². The van der Waals surface area contributed by atoms with Crippen LogP contribution in [0.15, 0.2) is 58.6 Å². The van der Waals surface area contributed by atoms with E-state index in [0.717, 1.165) is 46.5 Å². The molecule has 158 valence electrons. The monoisotopic (exact) mass is 425 g/mol. The lowest BCUT2D eigenvalue weighted by atomic mass is 10.1. The Balaban J connectivity index is 1.48. The Morgan fingerprint density at radius 2 is 2.03 bits per heavy atom. The number of amidine groups is 1. The van der Waals surface area contributed by atoms with Crippen LogP contribution in [0.25, 0.3) is 0 Å². The minimum absolute atomic E-state index is 0.116. The Kier molecular flexibility index (Phi) is 7.73. The van der Waals surface area contributed by atoms with E-state index in [0.29, 0.717) is 5.25 Å². The van der Waals surface area contributed by atoms with Crippen molar-refractivity contribution < 1.29 is 9.53 Å². The van der Waals surface area contributed by atoms with Crippen LogP contribution in [0.5, 0.6) is 5.75 Å². The van der Waals surface area contributed by atoms with Gasteiger partial charge in [0.25, 0.3) is 5.91 Å². The largest absolute Gasteiger partial charge is 0.497 e. The highest BCUT2D eigenvalue weighted by molar-refractivity contribution is 8.15. The number of rotatable bonds is 8. The van der Waals surface area contributed by atoms with E-state index < -0.39 is 0 Å². The fourth-order valence-electron chi connectivity index (χ4n) is 2.78. The molecular formula is C22H27N5O2S. The number of benzene rings is 2. The number of hydrogen-bond donors (Lipinski definition) is 3. The zero-order chi connectivity index (χ0) is 21.3. The summed E-state index contributed by atoms with van der Waals surface area (Å²) in [6, 6.07) is 15.3. The topological polar surface area (TPSA) is 87.1 Å². The van der Waals surface area contributed by atoms with Gasteiger partial charge in [0.15, 0.2) is 5.17 Å². The van der Waals surface area contributed by atoms with Gasteiger partial charge in [-0.3, -0.25) is 9.79 Å². The molecule has 0 spiro atoms. The SMILES string of the molecule is CC[C@H]1CN=C(Nc2ccc(/C(C)=N\NC(=O)CNc3cccc(OC)c3)cc2)S1. The van der Waals surface area contributed by atoms with Crippen LogP contribution in [-0.4, -0.2) is 42.2 Å². The van der Waals surface area contributed by atoms with Gasteiger partial charge in [0.1, 0.15) is 5.75 Å². The lowest BCUT2D eigenvalue weighted by Gasteiger charge is -2.09. The number of hydrogen-bond acceptors (Lipinski definition) is 7. The van der Waals surface area contributed by atoms with E-state index in [1.54, 1.807) is 18.9 Å². The van der Waals surface area contributed by atoms with Crippen molar-refractivity contribution in [2.45, 2.75) is 25.5 Å². The second-order valence-electron chi connectivity index (χ2n) is 6.81.